The Balaban J connectivity index is 3.09. The first-order valence-corrected chi connectivity index (χ1v) is 5.43. The van der Waals surface area contributed by atoms with Crippen LogP contribution in [0.25, 0.3) is 0 Å². The first-order chi connectivity index (χ1) is 7.90. The van der Waals surface area contributed by atoms with E-state index in [1.54, 1.807) is 18.2 Å². The SMILES string of the molecule is CC(=O)c1ccc(N=C(N)N=C(N)N)c(Br)c1. The molecule has 0 saturated carbocycles. The lowest BCUT2D eigenvalue weighted by Gasteiger charge is -2.01. The van der Waals surface area contributed by atoms with Gasteiger partial charge >= 0.3 is 0 Å². The summed E-state index contributed by atoms with van der Waals surface area (Å²) in [6, 6.07) is 4.95. The zero-order chi connectivity index (χ0) is 13.0. The second kappa shape index (κ2) is 5.44. The van der Waals surface area contributed by atoms with Crippen molar-refractivity contribution in [2.75, 3.05) is 0 Å². The number of carbonyl (C=O) groups excluding carboxylic acids is 1. The molecule has 0 radical (unpaired) electrons. The molecule has 0 aliphatic rings. The smallest absolute Gasteiger partial charge is 0.223 e. The predicted molar refractivity (Wildman–Crippen MR) is 71.2 cm³/mol. The van der Waals surface area contributed by atoms with Crippen molar-refractivity contribution in [1.29, 1.82) is 0 Å². The van der Waals surface area contributed by atoms with Crippen LogP contribution in [-0.2, 0) is 0 Å². The third kappa shape index (κ3) is 3.87. The summed E-state index contributed by atoms with van der Waals surface area (Å²) in [5, 5.41) is 0. The van der Waals surface area contributed by atoms with Gasteiger partial charge in [-0.15, -0.1) is 0 Å². The lowest BCUT2D eigenvalue weighted by atomic mass is 10.1. The maximum Gasteiger partial charge on any atom is 0.223 e. The van der Waals surface area contributed by atoms with Gasteiger partial charge in [0.2, 0.25) is 5.96 Å². The van der Waals surface area contributed by atoms with Crippen LogP contribution in [0.3, 0.4) is 0 Å². The summed E-state index contributed by atoms with van der Waals surface area (Å²) in [6.07, 6.45) is 0. The summed E-state index contributed by atoms with van der Waals surface area (Å²) in [5.74, 6) is -0.248. The van der Waals surface area contributed by atoms with Crippen LogP contribution in [0.5, 0.6) is 0 Å². The van der Waals surface area contributed by atoms with Gasteiger partial charge in [0.15, 0.2) is 11.7 Å². The van der Waals surface area contributed by atoms with Gasteiger partial charge in [-0.25, -0.2) is 4.99 Å². The zero-order valence-corrected chi connectivity index (χ0v) is 10.7. The van der Waals surface area contributed by atoms with Gasteiger partial charge in [-0.2, -0.15) is 4.99 Å². The minimum Gasteiger partial charge on any atom is -0.370 e. The second-order valence-electron chi connectivity index (χ2n) is 3.23. The summed E-state index contributed by atoms with van der Waals surface area (Å²) < 4.78 is 0.638. The van der Waals surface area contributed by atoms with Crippen LogP contribution in [-0.4, -0.2) is 17.7 Å². The molecule has 90 valence electrons. The van der Waals surface area contributed by atoms with Crippen LogP contribution in [0, 0.1) is 0 Å². The Hall–Kier alpha value is -1.89. The fraction of sp³-hybridized carbons (Fsp3) is 0.100. The van der Waals surface area contributed by atoms with Gasteiger partial charge in [-0.3, -0.25) is 4.79 Å². The molecular formula is C10H12BrN5O. The molecule has 0 bridgehead atoms. The zero-order valence-electron chi connectivity index (χ0n) is 9.14. The van der Waals surface area contributed by atoms with Crippen molar-refractivity contribution in [2.45, 2.75) is 6.92 Å². The highest BCUT2D eigenvalue weighted by Crippen LogP contribution is 2.26. The van der Waals surface area contributed by atoms with Crippen molar-refractivity contribution in [3.63, 3.8) is 0 Å². The van der Waals surface area contributed by atoms with Crippen molar-refractivity contribution < 1.29 is 4.79 Å². The van der Waals surface area contributed by atoms with Gasteiger partial charge in [0.1, 0.15) is 0 Å². The molecule has 0 fully saturated rings. The Labute approximate surface area is 107 Å². The molecule has 0 aliphatic heterocycles. The van der Waals surface area contributed by atoms with E-state index in [1.807, 2.05) is 0 Å². The molecular weight excluding hydrogens is 286 g/mol. The van der Waals surface area contributed by atoms with Gasteiger partial charge in [0, 0.05) is 10.0 Å². The van der Waals surface area contributed by atoms with Crippen LogP contribution in [0.2, 0.25) is 0 Å². The molecule has 1 rings (SSSR count). The Morgan fingerprint density at radius 3 is 2.41 bits per heavy atom. The number of ketones is 1. The maximum absolute atomic E-state index is 11.1. The number of halogens is 1. The van der Waals surface area contributed by atoms with E-state index in [1.165, 1.54) is 6.92 Å². The van der Waals surface area contributed by atoms with Crippen LogP contribution in [0.15, 0.2) is 32.7 Å². The molecule has 1 aromatic carbocycles. The first-order valence-electron chi connectivity index (χ1n) is 4.64. The number of rotatable bonds is 2. The molecule has 0 saturated heterocycles. The molecule has 6 N–H and O–H groups in total. The average molecular weight is 298 g/mol. The van der Waals surface area contributed by atoms with Gasteiger partial charge in [0.25, 0.3) is 0 Å². The number of nitrogens with two attached hydrogens (primary N) is 3. The third-order valence-electron chi connectivity index (χ3n) is 1.83. The molecule has 0 spiro atoms. The standard InChI is InChI=1S/C10H12BrN5O/c1-5(17)6-2-3-8(7(11)4-6)15-10(14)16-9(12)13/h2-4H,1H3,(H6,12,13,14,15,16). The number of aliphatic imine (C=N–C) groups is 2. The van der Waals surface area contributed by atoms with Gasteiger partial charge in [-0.1, -0.05) is 0 Å². The molecule has 0 heterocycles. The largest absolute Gasteiger partial charge is 0.370 e. The van der Waals surface area contributed by atoms with E-state index in [-0.39, 0.29) is 17.7 Å². The quantitative estimate of drug-likeness (QED) is 0.426. The van der Waals surface area contributed by atoms with Crippen molar-refractivity contribution in [1.82, 2.24) is 0 Å². The van der Waals surface area contributed by atoms with Gasteiger partial charge in [-0.05, 0) is 41.1 Å². The molecule has 0 amide bonds. The van der Waals surface area contributed by atoms with Crippen LogP contribution < -0.4 is 17.2 Å². The monoisotopic (exact) mass is 297 g/mol. The summed E-state index contributed by atoms with van der Waals surface area (Å²) >= 11 is 3.28. The maximum atomic E-state index is 11.1. The van der Waals surface area contributed by atoms with Crippen molar-refractivity contribution >= 4 is 39.3 Å². The van der Waals surface area contributed by atoms with E-state index in [4.69, 9.17) is 17.2 Å². The van der Waals surface area contributed by atoms with Gasteiger partial charge in [0.05, 0.1) is 5.69 Å². The summed E-state index contributed by atoms with van der Waals surface area (Å²) in [4.78, 5) is 18.7. The normalized spacial score (nSPS) is 11.1. The molecule has 6 nitrogen and oxygen atoms in total. The van der Waals surface area contributed by atoms with Crippen LogP contribution >= 0.6 is 15.9 Å². The molecule has 7 heteroatoms. The van der Waals surface area contributed by atoms with Crippen molar-refractivity contribution in [2.24, 2.45) is 27.2 Å². The van der Waals surface area contributed by atoms with Crippen molar-refractivity contribution in [3.8, 4) is 0 Å². The van der Waals surface area contributed by atoms with E-state index in [0.717, 1.165) is 0 Å². The number of benzene rings is 1. The summed E-state index contributed by atoms with van der Waals surface area (Å²) in [6.45, 7) is 1.48. The number of nitrogens with zero attached hydrogens (tertiary/aromatic N) is 2. The molecule has 0 atom stereocenters. The minimum atomic E-state index is -0.164. The molecule has 17 heavy (non-hydrogen) atoms. The minimum absolute atomic E-state index is 0.0292. The highest BCUT2D eigenvalue weighted by atomic mass is 79.9. The van der Waals surface area contributed by atoms with Crippen LogP contribution in [0.1, 0.15) is 17.3 Å². The van der Waals surface area contributed by atoms with E-state index in [2.05, 4.69) is 25.9 Å². The van der Waals surface area contributed by atoms with Crippen molar-refractivity contribution in [3.05, 3.63) is 28.2 Å². The number of Topliss-reactive ketones (excluding diaryl/α,β-unsaturated/α-hetero) is 1. The highest BCUT2D eigenvalue weighted by molar-refractivity contribution is 9.10. The topological polar surface area (TPSA) is 120 Å². The highest BCUT2D eigenvalue weighted by Gasteiger charge is 2.04. The summed E-state index contributed by atoms with van der Waals surface area (Å²) in [7, 11) is 0. The fourth-order valence-corrected chi connectivity index (χ4v) is 1.56. The second-order valence-corrected chi connectivity index (χ2v) is 4.08. The summed E-state index contributed by atoms with van der Waals surface area (Å²) in [5.41, 5.74) is 16.9. The van der Waals surface area contributed by atoms with Gasteiger partial charge < -0.3 is 17.2 Å². The number of hydrogen-bond acceptors (Lipinski definition) is 2. The molecule has 0 unspecified atom stereocenters. The van der Waals surface area contributed by atoms with E-state index in [9.17, 15) is 4.79 Å². The van der Waals surface area contributed by atoms with E-state index < -0.39 is 0 Å². The number of guanidine groups is 2. The Morgan fingerprint density at radius 2 is 1.94 bits per heavy atom. The van der Waals surface area contributed by atoms with E-state index in [0.29, 0.717) is 15.7 Å². The Morgan fingerprint density at radius 1 is 1.29 bits per heavy atom. The lowest BCUT2D eigenvalue weighted by molar-refractivity contribution is 0.101. The fourth-order valence-electron chi connectivity index (χ4n) is 1.10. The molecule has 0 aromatic heterocycles. The predicted octanol–water partition coefficient (Wildman–Crippen LogP) is 0.871. The van der Waals surface area contributed by atoms with E-state index >= 15 is 0 Å². The number of hydrogen-bond donors (Lipinski definition) is 3. The number of carbonyl (C=O) groups is 1. The third-order valence-corrected chi connectivity index (χ3v) is 2.47. The first kappa shape index (κ1) is 13.2. The Kier molecular flexibility index (Phi) is 4.22. The Bertz CT molecular complexity index is 505. The lowest BCUT2D eigenvalue weighted by Crippen LogP contribution is -2.26. The average Bonchev–Trinajstić information content (AvgIpc) is 2.19. The van der Waals surface area contributed by atoms with Crippen LogP contribution in [0.4, 0.5) is 5.69 Å². The molecule has 0 aliphatic carbocycles. The molecule has 1 aromatic rings.